The molecule has 2 saturated heterocycles. The molecule has 5 heteroatoms. The van der Waals surface area contributed by atoms with Gasteiger partial charge in [-0.3, -0.25) is 4.79 Å². The van der Waals surface area contributed by atoms with Crippen molar-refractivity contribution in [3.05, 3.63) is 0 Å². The SMILES string of the molecule is Cl.O=C(NCC1CCCS1)[C@@H]1CCCN1. The Morgan fingerprint density at radius 2 is 2.27 bits per heavy atom. The Labute approximate surface area is 102 Å². The Morgan fingerprint density at radius 1 is 1.40 bits per heavy atom. The zero-order chi connectivity index (χ0) is 9.80. The quantitative estimate of drug-likeness (QED) is 0.790. The molecule has 0 spiro atoms. The number of rotatable bonds is 3. The van der Waals surface area contributed by atoms with Crippen LogP contribution in [0.2, 0.25) is 0 Å². The highest BCUT2D eigenvalue weighted by molar-refractivity contribution is 8.00. The van der Waals surface area contributed by atoms with Crippen LogP contribution in [0.15, 0.2) is 0 Å². The summed E-state index contributed by atoms with van der Waals surface area (Å²) in [5.74, 6) is 1.47. The minimum atomic E-state index is 0. The number of halogens is 1. The Morgan fingerprint density at radius 3 is 2.87 bits per heavy atom. The van der Waals surface area contributed by atoms with Gasteiger partial charge in [-0.2, -0.15) is 11.8 Å². The number of hydrogen-bond acceptors (Lipinski definition) is 3. The molecule has 0 aromatic heterocycles. The van der Waals surface area contributed by atoms with Gasteiger partial charge in [0, 0.05) is 11.8 Å². The lowest BCUT2D eigenvalue weighted by Gasteiger charge is -2.13. The molecule has 0 aromatic carbocycles. The fourth-order valence-electron chi connectivity index (χ4n) is 2.05. The smallest absolute Gasteiger partial charge is 0.237 e. The van der Waals surface area contributed by atoms with Crippen molar-refractivity contribution in [3.8, 4) is 0 Å². The van der Waals surface area contributed by atoms with Crippen LogP contribution in [-0.2, 0) is 4.79 Å². The molecule has 1 amide bonds. The second-order valence-electron chi connectivity index (χ2n) is 4.03. The summed E-state index contributed by atoms with van der Waals surface area (Å²) in [6.07, 6.45) is 4.72. The number of amides is 1. The monoisotopic (exact) mass is 250 g/mol. The Hall–Kier alpha value is 0.0700. The molecule has 2 atom stereocenters. The van der Waals surface area contributed by atoms with Gasteiger partial charge in [0.2, 0.25) is 5.91 Å². The first-order valence-electron chi connectivity index (χ1n) is 5.49. The second kappa shape index (κ2) is 6.61. The first-order valence-corrected chi connectivity index (χ1v) is 6.54. The molecule has 2 N–H and O–H groups in total. The molecule has 0 aliphatic carbocycles. The van der Waals surface area contributed by atoms with E-state index < -0.39 is 0 Å². The summed E-state index contributed by atoms with van der Waals surface area (Å²) >= 11 is 1.99. The predicted molar refractivity (Wildman–Crippen MR) is 66.8 cm³/mol. The molecule has 0 radical (unpaired) electrons. The third-order valence-electron chi connectivity index (χ3n) is 2.90. The van der Waals surface area contributed by atoms with Crippen molar-refractivity contribution in [1.29, 1.82) is 0 Å². The van der Waals surface area contributed by atoms with E-state index in [4.69, 9.17) is 0 Å². The number of carbonyl (C=O) groups is 1. The van der Waals surface area contributed by atoms with Crippen molar-refractivity contribution in [2.24, 2.45) is 0 Å². The van der Waals surface area contributed by atoms with Gasteiger partial charge >= 0.3 is 0 Å². The molecular weight excluding hydrogens is 232 g/mol. The highest BCUT2D eigenvalue weighted by atomic mass is 35.5. The van der Waals surface area contributed by atoms with E-state index in [1.165, 1.54) is 18.6 Å². The predicted octanol–water partition coefficient (Wildman–Crippen LogP) is 1.17. The highest BCUT2D eigenvalue weighted by Gasteiger charge is 2.23. The summed E-state index contributed by atoms with van der Waals surface area (Å²) in [7, 11) is 0. The molecule has 3 nitrogen and oxygen atoms in total. The molecule has 88 valence electrons. The molecule has 0 aromatic rings. The van der Waals surface area contributed by atoms with Gasteiger partial charge in [-0.05, 0) is 38.0 Å². The first kappa shape index (κ1) is 13.1. The molecule has 2 aliphatic heterocycles. The van der Waals surface area contributed by atoms with Crippen LogP contribution in [0.1, 0.15) is 25.7 Å². The lowest BCUT2D eigenvalue weighted by atomic mass is 10.2. The van der Waals surface area contributed by atoms with Crippen LogP contribution in [0.4, 0.5) is 0 Å². The van der Waals surface area contributed by atoms with Crippen LogP contribution in [-0.4, -0.2) is 36.0 Å². The molecular formula is C10H19ClN2OS. The van der Waals surface area contributed by atoms with Gasteiger partial charge in [0.25, 0.3) is 0 Å². The van der Waals surface area contributed by atoms with Crippen molar-refractivity contribution in [1.82, 2.24) is 10.6 Å². The zero-order valence-corrected chi connectivity index (χ0v) is 10.5. The summed E-state index contributed by atoms with van der Waals surface area (Å²) in [5.41, 5.74) is 0. The van der Waals surface area contributed by atoms with E-state index in [2.05, 4.69) is 10.6 Å². The van der Waals surface area contributed by atoms with Crippen LogP contribution >= 0.6 is 24.2 Å². The van der Waals surface area contributed by atoms with E-state index >= 15 is 0 Å². The van der Waals surface area contributed by atoms with Crippen LogP contribution in [0.25, 0.3) is 0 Å². The van der Waals surface area contributed by atoms with Gasteiger partial charge in [-0.25, -0.2) is 0 Å². The maximum Gasteiger partial charge on any atom is 0.237 e. The summed E-state index contributed by atoms with van der Waals surface area (Å²) in [4.78, 5) is 11.6. The molecule has 2 aliphatic rings. The van der Waals surface area contributed by atoms with E-state index in [9.17, 15) is 4.79 Å². The van der Waals surface area contributed by atoms with Crippen LogP contribution < -0.4 is 10.6 Å². The minimum absolute atomic E-state index is 0. The summed E-state index contributed by atoms with van der Waals surface area (Å²) in [6.45, 7) is 1.86. The molecule has 1 unspecified atom stereocenters. The highest BCUT2D eigenvalue weighted by Crippen LogP contribution is 2.25. The topological polar surface area (TPSA) is 41.1 Å². The average molecular weight is 251 g/mol. The van der Waals surface area contributed by atoms with E-state index in [0.717, 1.165) is 25.9 Å². The van der Waals surface area contributed by atoms with Crippen molar-refractivity contribution in [2.45, 2.75) is 37.0 Å². The van der Waals surface area contributed by atoms with Crippen LogP contribution in [0, 0.1) is 0 Å². The molecule has 0 bridgehead atoms. The van der Waals surface area contributed by atoms with Gasteiger partial charge in [0.05, 0.1) is 6.04 Å². The van der Waals surface area contributed by atoms with Gasteiger partial charge in [0.15, 0.2) is 0 Å². The molecule has 2 fully saturated rings. The van der Waals surface area contributed by atoms with Crippen LogP contribution in [0.5, 0.6) is 0 Å². The van der Waals surface area contributed by atoms with Gasteiger partial charge in [0.1, 0.15) is 0 Å². The standard InChI is InChI=1S/C10H18N2OS.ClH/c13-10(9-4-1-5-11-9)12-7-8-3-2-6-14-8;/h8-9,11H,1-7H2,(H,12,13);1H/t8?,9-;/m0./s1. The number of thioether (sulfide) groups is 1. The normalized spacial score (nSPS) is 29.9. The largest absolute Gasteiger partial charge is 0.354 e. The summed E-state index contributed by atoms with van der Waals surface area (Å²) in [6, 6.07) is 0.0846. The van der Waals surface area contributed by atoms with Crippen molar-refractivity contribution in [2.75, 3.05) is 18.8 Å². The average Bonchev–Trinajstić information content (AvgIpc) is 2.87. The van der Waals surface area contributed by atoms with Crippen molar-refractivity contribution >= 4 is 30.1 Å². The third-order valence-corrected chi connectivity index (χ3v) is 4.30. The number of carbonyl (C=O) groups excluding carboxylic acids is 1. The van der Waals surface area contributed by atoms with Crippen molar-refractivity contribution in [3.63, 3.8) is 0 Å². The molecule has 2 rings (SSSR count). The lowest BCUT2D eigenvalue weighted by molar-refractivity contribution is -0.122. The number of hydrogen-bond donors (Lipinski definition) is 2. The first-order chi connectivity index (χ1) is 6.86. The molecule has 15 heavy (non-hydrogen) atoms. The second-order valence-corrected chi connectivity index (χ2v) is 5.44. The molecule has 2 heterocycles. The zero-order valence-electron chi connectivity index (χ0n) is 8.83. The Bertz CT molecular complexity index is 204. The maximum atomic E-state index is 11.6. The van der Waals surface area contributed by atoms with E-state index in [-0.39, 0.29) is 24.4 Å². The fourth-order valence-corrected chi connectivity index (χ4v) is 3.25. The maximum absolute atomic E-state index is 11.6. The van der Waals surface area contributed by atoms with E-state index in [1.807, 2.05) is 11.8 Å². The minimum Gasteiger partial charge on any atom is -0.354 e. The molecule has 0 saturated carbocycles. The van der Waals surface area contributed by atoms with E-state index in [0.29, 0.717) is 5.25 Å². The van der Waals surface area contributed by atoms with Gasteiger partial charge in [-0.15, -0.1) is 12.4 Å². The third kappa shape index (κ3) is 3.85. The Kier molecular flexibility index (Phi) is 5.79. The van der Waals surface area contributed by atoms with Gasteiger partial charge < -0.3 is 10.6 Å². The lowest BCUT2D eigenvalue weighted by Crippen LogP contribution is -2.42. The van der Waals surface area contributed by atoms with Gasteiger partial charge in [-0.1, -0.05) is 0 Å². The Balaban J connectivity index is 0.00000112. The van der Waals surface area contributed by atoms with Crippen molar-refractivity contribution < 1.29 is 4.79 Å². The fraction of sp³-hybridized carbons (Fsp3) is 0.900. The van der Waals surface area contributed by atoms with Crippen LogP contribution in [0.3, 0.4) is 0 Å². The summed E-state index contributed by atoms with van der Waals surface area (Å²) in [5, 5.41) is 6.92. The van der Waals surface area contributed by atoms with E-state index in [1.54, 1.807) is 0 Å². The summed E-state index contributed by atoms with van der Waals surface area (Å²) < 4.78 is 0. The number of nitrogens with one attached hydrogen (secondary N) is 2.